The monoisotopic (exact) mass is 257 g/mol. The normalized spacial score (nSPS) is 11.0. The summed E-state index contributed by atoms with van der Waals surface area (Å²) in [7, 11) is -3.78. The molecule has 7 heteroatoms. The number of rotatable bonds is 3. The first-order valence-corrected chi connectivity index (χ1v) is 6.57. The van der Waals surface area contributed by atoms with Crippen molar-refractivity contribution in [1.82, 2.24) is 5.32 Å². The van der Waals surface area contributed by atoms with Gasteiger partial charge in [-0.05, 0) is 31.5 Å². The third-order valence-electron chi connectivity index (χ3n) is 2.09. The number of urea groups is 1. The Morgan fingerprint density at radius 3 is 2.59 bits per heavy atom. The fourth-order valence-corrected chi connectivity index (χ4v) is 2.13. The lowest BCUT2D eigenvalue weighted by molar-refractivity contribution is 0.252. The van der Waals surface area contributed by atoms with E-state index in [0.717, 1.165) is 0 Å². The third kappa shape index (κ3) is 3.72. The predicted octanol–water partition coefficient (Wildman–Crippen LogP) is 0.784. The number of benzene rings is 1. The molecule has 0 saturated carbocycles. The quantitative estimate of drug-likeness (QED) is 0.745. The van der Waals surface area contributed by atoms with Gasteiger partial charge in [0.15, 0.2) is 0 Å². The third-order valence-corrected chi connectivity index (χ3v) is 3.14. The minimum atomic E-state index is -3.78. The standard InChI is InChI=1S/C10H15N3O3S/c1-3-12-10(14)13-8-5-4-7(2)9(6-8)17(11,15)16/h4-6H,3H2,1-2H3,(H2,11,15,16)(H2,12,13,14). The summed E-state index contributed by atoms with van der Waals surface area (Å²) in [4.78, 5) is 11.3. The largest absolute Gasteiger partial charge is 0.338 e. The Morgan fingerprint density at radius 1 is 1.41 bits per heavy atom. The summed E-state index contributed by atoms with van der Waals surface area (Å²) in [6.45, 7) is 3.90. The molecule has 0 aromatic heterocycles. The van der Waals surface area contributed by atoms with Crippen LogP contribution in [-0.2, 0) is 10.0 Å². The number of anilines is 1. The molecular formula is C10H15N3O3S. The van der Waals surface area contributed by atoms with E-state index in [2.05, 4.69) is 10.6 Å². The number of primary sulfonamides is 1. The molecule has 0 saturated heterocycles. The van der Waals surface area contributed by atoms with Gasteiger partial charge < -0.3 is 10.6 Å². The smallest absolute Gasteiger partial charge is 0.319 e. The minimum absolute atomic E-state index is 0.00629. The van der Waals surface area contributed by atoms with Crippen LogP contribution in [0.5, 0.6) is 0 Å². The van der Waals surface area contributed by atoms with Crippen LogP contribution in [0.25, 0.3) is 0 Å². The first-order valence-electron chi connectivity index (χ1n) is 5.03. The van der Waals surface area contributed by atoms with Crippen molar-refractivity contribution < 1.29 is 13.2 Å². The lowest BCUT2D eigenvalue weighted by Gasteiger charge is -2.09. The van der Waals surface area contributed by atoms with Gasteiger partial charge in [-0.15, -0.1) is 0 Å². The van der Waals surface area contributed by atoms with Crippen LogP contribution in [0.4, 0.5) is 10.5 Å². The molecule has 0 heterocycles. The van der Waals surface area contributed by atoms with Crippen LogP contribution in [0.2, 0.25) is 0 Å². The Labute approximate surface area is 100 Å². The number of nitrogens with two attached hydrogens (primary N) is 1. The van der Waals surface area contributed by atoms with Crippen molar-refractivity contribution in [2.24, 2.45) is 5.14 Å². The molecule has 0 unspecified atom stereocenters. The topological polar surface area (TPSA) is 101 Å². The van der Waals surface area contributed by atoms with Crippen LogP contribution in [0.1, 0.15) is 12.5 Å². The van der Waals surface area contributed by atoms with E-state index in [4.69, 9.17) is 5.14 Å². The summed E-state index contributed by atoms with van der Waals surface area (Å²) in [5, 5.41) is 10.1. The summed E-state index contributed by atoms with van der Waals surface area (Å²) >= 11 is 0. The molecule has 2 amide bonds. The molecule has 1 aromatic rings. The number of carbonyl (C=O) groups excluding carboxylic acids is 1. The van der Waals surface area contributed by atoms with Crippen molar-refractivity contribution in [3.05, 3.63) is 23.8 Å². The summed E-state index contributed by atoms with van der Waals surface area (Å²) < 4.78 is 22.5. The van der Waals surface area contributed by atoms with Crippen molar-refractivity contribution in [2.75, 3.05) is 11.9 Å². The van der Waals surface area contributed by atoms with Gasteiger partial charge in [0.25, 0.3) is 0 Å². The Hall–Kier alpha value is -1.60. The second kappa shape index (κ2) is 5.15. The van der Waals surface area contributed by atoms with E-state index in [1.54, 1.807) is 26.0 Å². The van der Waals surface area contributed by atoms with Crippen LogP contribution < -0.4 is 15.8 Å². The second-order valence-corrected chi connectivity index (χ2v) is 5.04. The molecule has 17 heavy (non-hydrogen) atoms. The summed E-state index contributed by atoms with van der Waals surface area (Å²) in [5.74, 6) is 0. The van der Waals surface area contributed by atoms with Gasteiger partial charge in [0.1, 0.15) is 0 Å². The number of sulfonamides is 1. The van der Waals surface area contributed by atoms with Crippen LogP contribution in [0.15, 0.2) is 23.1 Å². The number of hydrogen-bond acceptors (Lipinski definition) is 3. The van der Waals surface area contributed by atoms with Gasteiger partial charge in [-0.25, -0.2) is 18.4 Å². The van der Waals surface area contributed by atoms with Crippen molar-refractivity contribution in [2.45, 2.75) is 18.7 Å². The van der Waals surface area contributed by atoms with Crippen LogP contribution >= 0.6 is 0 Å². The first-order chi connectivity index (χ1) is 7.84. The first kappa shape index (κ1) is 13.5. The Balaban J connectivity index is 3.02. The molecule has 94 valence electrons. The van der Waals surface area contributed by atoms with Gasteiger partial charge >= 0.3 is 6.03 Å². The molecule has 4 N–H and O–H groups in total. The van der Waals surface area contributed by atoms with E-state index >= 15 is 0 Å². The van der Waals surface area contributed by atoms with Gasteiger partial charge in [0.2, 0.25) is 10.0 Å². The zero-order valence-corrected chi connectivity index (χ0v) is 10.5. The lowest BCUT2D eigenvalue weighted by atomic mass is 10.2. The van der Waals surface area contributed by atoms with Crippen molar-refractivity contribution in [3.63, 3.8) is 0 Å². The summed E-state index contributed by atoms with van der Waals surface area (Å²) in [6.07, 6.45) is 0. The zero-order valence-electron chi connectivity index (χ0n) is 9.65. The molecule has 1 rings (SSSR count). The second-order valence-electron chi connectivity index (χ2n) is 3.51. The molecule has 0 fully saturated rings. The molecule has 0 radical (unpaired) electrons. The summed E-state index contributed by atoms with van der Waals surface area (Å²) in [6, 6.07) is 4.14. The van der Waals surface area contributed by atoms with Gasteiger partial charge in [0, 0.05) is 12.2 Å². The number of hydrogen-bond donors (Lipinski definition) is 3. The Kier molecular flexibility index (Phi) is 4.08. The Morgan fingerprint density at radius 2 is 2.06 bits per heavy atom. The fraction of sp³-hybridized carbons (Fsp3) is 0.300. The molecule has 0 spiro atoms. The average molecular weight is 257 g/mol. The van der Waals surface area contributed by atoms with Crippen molar-refractivity contribution in [3.8, 4) is 0 Å². The lowest BCUT2D eigenvalue weighted by Crippen LogP contribution is -2.28. The van der Waals surface area contributed by atoms with Gasteiger partial charge in [-0.2, -0.15) is 0 Å². The highest BCUT2D eigenvalue weighted by Gasteiger charge is 2.12. The van der Waals surface area contributed by atoms with Gasteiger partial charge in [0.05, 0.1) is 4.90 Å². The van der Waals surface area contributed by atoms with E-state index < -0.39 is 16.1 Å². The van der Waals surface area contributed by atoms with Crippen LogP contribution in [0, 0.1) is 6.92 Å². The summed E-state index contributed by atoms with van der Waals surface area (Å²) in [5.41, 5.74) is 0.916. The van der Waals surface area contributed by atoms with Crippen molar-refractivity contribution >= 4 is 21.7 Å². The van der Waals surface area contributed by atoms with E-state index in [0.29, 0.717) is 17.8 Å². The maximum Gasteiger partial charge on any atom is 0.319 e. The van der Waals surface area contributed by atoms with E-state index in [9.17, 15) is 13.2 Å². The molecule has 0 aliphatic rings. The molecule has 0 aliphatic carbocycles. The number of nitrogens with one attached hydrogen (secondary N) is 2. The molecule has 1 aromatic carbocycles. The highest BCUT2D eigenvalue weighted by atomic mass is 32.2. The number of carbonyl (C=O) groups is 1. The maximum atomic E-state index is 11.3. The minimum Gasteiger partial charge on any atom is -0.338 e. The maximum absolute atomic E-state index is 11.3. The van der Waals surface area contributed by atoms with Gasteiger partial charge in [-0.3, -0.25) is 0 Å². The fourth-order valence-electron chi connectivity index (χ4n) is 1.32. The predicted molar refractivity (Wildman–Crippen MR) is 65.2 cm³/mol. The van der Waals surface area contributed by atoms with Gasteiger partial charge in [-0.1, -0.05) is 6.07 Å². The zero-order chi connectivity index (χ0) is 13.1. The number of amides is 2. The SMILES string of the molecule is CCNC(=O)Nc1ccc(C)c(S(N)(=O)=O)c1. The molecule has 0 bridgehead atoms. The highest BCUT2D eigenvalue weighted by Crippen LogP contribution is 2.18. The van der Waals surface area contributed by atoms with Crippen LogP contribution in [0.3, 0.4) is 0 Å². The van der Waals surface area contributed by atoms with E-state index in [1.807, 2.05) is 0 Å². The molecule has 0 aliphatic heterocycles. The molecule has 6 nitrogen and oxygen atoms in total. The van der Waals surface area contributed by atoms with E-state index in [-0.39, 0.29) is 4.90 Å². The molecular weight excluding hydrogens is 242 g/mol. The average Bonchev–Trinajstić information content (AvgIpc) is 2.19. The number of aryl methyl sites for hydroxylation is 1. The van der Waals surface area contributed by atoms with Crippen LogP contribution in [-0.4, -0.2) is 21.0 Å². The highest BCUT2D eigenvalue weighted by molar-refractivity contribution is 7.89. The van der Waals surface area contributed by atoms with Crippen molar-refractivity contribution in [1.29, 1.82) is 0 Å². The van der Waals surface area contributed by atoms with E-state index in [1.165, 1.54) is 6.07 Å². The molecule has 0 atom stereocenters. The Bertz CT molecular complexity index is 526.